The van der Waals surface area contributed by atoms with Crippen LogP contribution in [0.3, 0.4) is 0 Å². The molecule has 4 heteroatoms. The molecule has 2 aromatic heterocycles. The summed E-state index contributed by atoms with van der Waals surface area (Å²) in [6.07, 6.45) is 5.98. The molecule has 0 aliphatic heterocycles. The number of pyridine rings is 1. The lowest BCUT2D eigenvalue weighted by Gasteiger charge is -2.12. The van der Waals surface area contributed by atoms with Gasteiger partial charge in [0.2, 0.25) is 0 Å². The predicted molar refractivity (Wildman–Crippen MR) is 65.3 cm³/mol. The molecular weight excluding hydrogens is 212 g/mol. The minimum atomic E-state index is 0.390. The summed E-state index contributed by atoms with van der Waals surface area (Å²) in [5, 5.41) is 7.72. The van der Waals surface area contributed by atoms with Gasteiger partial charge in [-0.3, -0.25) is 9.67 Å². The molecular formula is C13H16N4. The molecule has 1 atom stereocenters. The van der Waals surface area contributed by atoms with E-state index in [1.54, 1.807) is 0 Å². The van der Waals surface area contributed by atoms with Crippen LogP contribution in [0.4, 0.5) is 0 Å². The second kappa shape index (κ2) is 4.30. The molecule has 4 nitrogen and oxygen atoms in total. The zero-order valence-electron chi connectivity index (χ0n) is 9.93. The molecule has 0 fully saturated rings. The third-order valence-electron chi connectivity index (χ3n) is 3.41. The maximum atomic E-state index is 4.48. The molecule has 2 heterocycles. The molecule has 0 amide bonds. The van der Waals surface area contributed by atoms with E-state index in [0.29, 0.717) is 6.04 Å². The molecule has 3 rings (SSSR count). The SMILES string of the molecule is Cn1nccc1CNC1CCc2cccnc21. The molecule has 0 radical (unpaired) electrons. The summed E-state index contributed by atoms with van der Waals surface area (Å²) >= 11 is 0. The lowest BCUT2D eigenvalue weighted by molar-refractivity contribution is 0.505. The smallest absolute Gasteiger partial charge is 0.0605 e. The second-order valence-corrected chi connectivity index (χ2v) is 4.47. The molecule has 2 aromatic rings. The monoisotopic (exact) mass is 228 g/mol. The zero-order valence-corrected chi connectivity index (χ0v) is 9.93. The van der Waals surface area contributed by atoms with E-state index in [1.165, 1.54) is 17.0 Å². The molecule has 0 saturated carbocycles. The maximum Gasteiger partial charge on any atom is 0.0605 e. The van der Waals surface area contributed by atoms with Crippen molar-refractivity contribution in [3.05, 3.63) is 47.5 Å². The van der Waals surface area contributed by atoms with Gasteiger partial charge in [-0.25, -0.2) is 0 Å². The second-order valence-electron chi connectivity index (χ2n) is 4.47. The first-order chi connectivity index (χ1) is 8.34. The number of aryl methyl sites for hydroxylation is 2. The predicted octanol–water partition coefficient (Wildman–Crippen LogP) is 1.59. The Bertz CT molecular complexity index is 518. The van der Waals surface area contributed by atoms with Gasteiger partial charge in [-0.2, -0.15) is 5.10 Å². The van der Waals surface area contributed by atoms with E-state index < -0.39 is 0 Å². The highest BCUT2D eigenvalue weighted by molar-refractivity contribution is 5.27. The van der Waals surface area contributed by atoms with E-state index in [0.717, 1.165) is 19.4 Å². The number of aromatic nitrogens is 3. The van der Waals surface area contributed by atoms with Crippen LogP contribution >= 0.6 is 0 Å². The number of hydrogen-bond acceptors (Lipinski definition) is 3. The molecule has 1 unspecified atom stereocenters. The van der Waals surface area contributed by atoms with Gasteiger partial charge in [-0.05, 0) is 30.5 Å². The minimum Gasteiger partial charge on any atom is -0.303 e. The lowest BCUT2D eigenvalue weighted by atomic mass is 10.2. The standard InChI is InChI=1S/C13H16N4/c1-17-11(6-8-16-17)9-15-12-5-4-10-3-2-7-14-13(10)12/h2-3,6-8,12,15H,4-5,9H2,1H3. The highest BCUT2D eigenvalue weighted by Gasteiger charge is 2.22. The van der Waals surface area contributed by atoms with Crippen LogP contribution in [-0.2, 0) is 20.0 Å². The Balaban J connectivity index is 1.70. The van der Waals surface area contributed by atoms with Gasteiger partial charge in [-0.15, -0.1) is 0 Å². The molecule has 1 aliphatic rings. The molecule has 88 valence electrons. The van der Waals surface area contributed by atoms with Crippen LogP contribution in [0.15, 0.2) is 30.6 Å². The van der Waals surface area contributed by atoms with Crippen LogP contribution in [0.2, 0.25) is 0 Å². The third-order valence-corrected chi connectivity index (χ3v) is 3.41. The first-order valence-electron chi connectivity index (χ1n) is 5.98. The molecule has 1 N–H and O–H groups in total. The number of nitrogens with one attached hydrogen (secondary N) is 1. The number of hydrogen-bond donors (Lipinski definition) is 1. The number of fused-ring (bicyclic) bond motifs is 1. The Morgan fingerprint density at radius 1 is 1.41 bits per heavy atom. The Kier molecular flexibility index (Phi) is 2.65. The summed E-state index contributed by atoms with van der Waals surface area (Å²) in [5.41, 5.74) is 3.80. The Morgan fingerprint density at radius 2 is 2.35 bits per heavy atom. The Morgan fingerprint density at radius 3 is 3.18 bits per heavy atom. The van der Waals surface area contributed by atoms with E-state index in [9.17, 15) is 0 Å². The summed E-state index contributed by atoms with van der Waals surface area (Å²) in [5.74, 6) is 0. The number of nitrogens with zero attached hydrogens (tertiary/aromatic N) is 3. The fraction of sp³-hybridized carbons (Fsp3) is 0.385. The number of rotatable bonds is 3. The van der Waals surface area contributed by atoms with Crippen molar-refractivity contribution in [2.45, 2.75) is 25.4 Å². The summed E-state index contributed by atoms with van der Waals surface area (Å²) in [7, 11) is 1.97. The van der Waals surface area contributed by atoms with E-state index >= 15 is 0 Å². The third kappa shape index (κ3) is 1.96. The maximum absolute atomic E-state index is 4.48. The van der Waals surface area contributed by atoms with Gasteiger partial charge in [0, 0.05) is 26.0 Å². The van der Waals surface area contributed by atoms with Crippen LogP contribution in [0, 0.1) is 0 Å². The summed E-state index contributed by atoms with van der Waals surface area (Å²) in [4.78, 5) is 4.48. The first kappa shape index (κ1) is 10.5. The van der Waals surface area contributed by atoms with E-state index in [2.05, 4.69) is 21.5 Å². The van der Waals surface area contributed by atoms with Crippen molar-refractivity contribution in [1.29, 1.82) is 0 Å². The van der Waals surface area contributed by atoms with Gasteiger partial charge in [-0.1, -0.05) is 6.07 Å². The molecule has 17 heavy (non-hydrogen) atoms. The summed E-state index contributed by atoms with van der Waals surface area (Å²) in [6, 6.07) is 6.62. The van der Waals surface area contributed by atoms with Gasteiger partial charge >= 0.3 is 0 Å². The van der Waals surface area contributed by atoms with Crippen LogP contribution < -0.4 is 5.32 Å². The van der Waals surface area contributed by atoms with Crippen molar-refractivity contribution in [3.8, 4) is 0 Å². The minimum absolute atomic E-state index is 0.390. The summed E-state index contributed by atoms with van der Waals surface area (Å²) < 4.78 is 1.90. The Hall–Kier alpha value is -1.68. The van der Waals surface area contributed by atoms with Crippen LogP contribution in [-0.4, -0.2) is 14.8 Å². The average Bonchev–Trinajstić information content (AvgIpc) is 2.93. The van der Waals surface area contributed by atoms with E-state index in [-0.39, 0.29) is 0 Å². The molecule has 1 aliphatic carbocycles. The van der Waals surface area contributed by atoms with Crippen molar-refractivity contribution >= 4 is 0 Å². The molecule has 0 aromatic carbocycles. The van der Waals surface area contributed by atoms with Gasteiger partial charge in [0.25, 0.3) is 0 Å². The van der Waals surface area contributed by atoms with Crippen molar-refractivity contribution < 1.29 is 0 Å². The highest BCUT2D eigenvalue weighted by Crippen LogP contribution is 2.28. The topological polar surface area (TPSA) is 42.7 Å². The van der Waals surface area contributed by atoms with Gasteiger partial charge in [0.1, 0.15) is 0 Å². The normalized spacial score (nSPS) is 18.3. The highest BCUT2D eigenvalue weighted by atomic mass is 15.3. The van der Waals surface area contributed by atoms with Crippen molar-refractivity contribution in [1.82, 2.24) is 20.1 Å². The first-order valence-corrected chi connectivity index (χ1v) is 5.98. The fourth-order valence-electron chi connectivity index (χ4n) is 2.41. The van der Waals surface area contributed by atoms with Crippen LogP contribution in [0.25, 0.3) is 0 Å². The van der Waals surface area contributed by atoms with Gasteiger partial charge in [0.05, 0.1) is 17.4 Å². The van der Waals surface area contributed by atoms with Gasteiger partial charge in [0.15, 0.2) is 0 Å². The van der Waals surface area contributed by atoms with Crippen LogP contribution in [0.1, 0.15) is 29.4 Å². The van der Waals surface area contributed by atoms with Crippen LogP contribution in [0.5, 0.6) is 0 Å². The molecule has 0 saturated heterocycles. The largest absolute Gasteiger partial charge is 0.303 e. The average molecular weight is 228 g/mol. The van der Waals surface area contributed by atoms with Crippen molar-refractivity contribution in [3.63, 3.8) is 0 Å². The van der Waals surface area contributed by atoms with Crippen molar-refractivity contribution in [2.24, 2.45) is 7.05 Å². The molecule has 0 spiro atoms. The van der Waals surface area contributed by atoms with Crippen molar-refractivity contribution in [2.75, 3.05) is 0 Å². The fourth-order valence-corrected chi connectivity index (χ4v) is 2.41. The lowest BCUT2D eigenvalue weighted by Crippen LogP contribution is -2.21. The Labute approximate surface area is 101 Å². The van der Waals surface area contributed by atoms with Gasteiger partial charge < -0.3 is 5.32 Å². The molecule has 0 bridgehead atoms. The summed E-state index contributed by atoms with van der Waals surface area (Å²) in [6.45, 7) is 0.844. The zero-order chi connectivity index (χ0) is 11.7. The van der Waals surface area contributed by atoms with E-state index in [1.807, 2.05) is 36.3 Å². The quantitative estimate of drug-likeness (QED) is 0.867. The van der Waals surface area contributed by atoms with E-state index in [4.69, 9.17) is 0 Å².